The van der Waals surface area contributed by atoms with Gasteiger partial charge < -0.3 is 4.90 Å². The number of pyridine rings is 1. The average Bonchev–Trinajstić information content (AvgIpc) is 2.36. The molecule has 1 amide bonds. The van der Waals surface area contributed by atoms with Crippen molar-refractivity contribution >= 4 is 15.7 Å². The van der Waals surface area contributed by atoms with Gasteiger partial charge in [0, 0.05) is 25.0 Å². The van der Waals surface area contributed by atoms with Crippen LogP contribution in [-0.2, 0) is 9.84 Å². The molecular weight excluding hydrogens is 264 g/mol. The van der Waals surface area contributed by atoms with Crippen molar-refractivity contribution in [2.24, 2.45) is 0 Å². The Balaban J connectivity index is 2.26. The smallest absolute Gasteiger partial charge is 0.255 e. The minimum atomic E-state index is -3.08. The molecule has 0 radical (unpaired) electrons. The molecule has 2 atom stereocenters. The van der Waals surface area contributed by atoms with E-state index in [9.17, 15) is 13.2 Å². The molecule has 6 heteroatoms. The summed E-state index contributed by atoms with van der Waals surface area (Å²) in [5.41, 5.74) is 1.43. The summed E-state index contributed by atoms with van der Waals surface area (Å²) in [4.78, 5) is 18.0. The van der Waals surface area contributed by atoms with Crippen LogP contribution in [0.4, 0.5) is 0 Å². The quantitative estimate of drug-likeness (QED) is 0.772. The van der Waals surface area contributed by atoms with E-state index in [1.54, 1.807) is 31.0 Å². The SMILES string of the molecule is Cc1cncc(C(=O)N2CCS(=O)(=O)[C@H](C)[C@@H]2C)c1. The van der Waals surface area contributed by atoms with Crippen molar-refractivity contribution in [3.63, 3.8) is 0 Å². The van der Waals surface area contributed by atoms with Crippen LogP contribution in [0.2, 0.25) is 0 Å². The fraction of sp³-hybridized carbons (Fsp3) is 0.538. The highest BCUT2D eigenvalue weighted by Crippen LogP contribution is 2.21. The van der Waals surface area contributed by atoms with Crippen LogP contribution in [0.5, 0.6) is 0 Å². The van der Waals surface area contributed by atoms with Gasteiger partial charge >= 0.3 is 0 Å². The van der Waals surface area contributed by atoms with Crippen molar-refractivity contribution < 1.29 is 13.2 Å². The Hall–Kier alpha value is -1.43. The lowest BCUT2D eigenvalue weighted by atomic mass is 10.1. The van der Waals surface area contributed by atoms with Crippen molar-refractivity contribution in [2.75, 3.05) is 12.3 Å². The topological polar surface area (TPSA) is 67.3 Å². The van der Waals surface area contributed by atoms with Gasteiger partial charge in [-0.05, 0) is 32.4 Å². The Morgan fingerprint density at radius 2 is 2.05 bits per heavy atom. The van der Waals surface area contributed by atoms with E-state index in [1.807, 2.05) is 6.92 Å². The van der Waals surface area contributed by atoms with Crippen LogP contribution in [0.25, 0.3) is 0 Å². The normalized spacial score (nSPS) is 26.2. The predicted octanol–water partition coefficient (Wildman–Crippen LogP) is 1.04. The van der Waals surface area contributed by atoms with Gasteiger partial charge in [0.2, 0.25) is 0 Å². The van der Waals surface area contributed by atoms with Gasteiger partial charge in [-0.2, -0.15) is 0 Å². The molecule has 0 unspecified atom stereocenters. The van der Waals surface area contributed by atoms with Crippen LogP contribution in [0, 0.1) is 6.92 Å². The zero-order valence-corrected chi connectivity index (χ0v) is 12.1. The molecular formula is C13H18N2O3S. The van der Waals surface area contributed by atoms with Crippen LogP contribution in [0.15, 0.2) is 18.5 Å². The van der Waals surface area contributed by atoms with Crippen molar-refractivity contribution in [3.05, 3.63) is 29.6 Å². The molecule has 0 bridgehead atoms. The molecule has 2 heterocycles. The van der Waals surface area contributed by atoms with E-state index in [1.165, 1.54) is 6.20 Å². The lowest BCUT2D eigenvalue weighted by Gasteiger charge is -2.37. The summed E-state index contributed by atoms with van der Waals surface area (Å²) in [7, 11) is -3.08. The van der Waals surface area contributed by atoms with E-state index in [2.05, 4.69) is 4.98 Å². The molecule has 5 nitrogen and oxygen atoms in total. The largest absolute Gasteiger partial charge is 0.334 e. The number of carbonyl (C=O) groups is 1. The van der Waals surface area contributed by atoms with Crippen molar-refractivity contribution in [2.45, 2.75) is 32.1 Å². The number of hydrogen-bond donors (Lipinski definition) is 0. The average molecular weight is 282 g/mol. The first-order valence-electron chi connectivity index (χ1n) is 6.27. The second kappa shape index (κ2) is 4.92. The molecule has 19 heavy (non-hydrogen) atoms. The van der Waals surface area contributed by atoms with Crippen LogP contribution in [-0.4, -0.2) is 47.8 Å². The fourth-order valence-corrected chi connectivity index (χ4v) is 3.86. The summed E-state index contributed by atoms with van der Waals surface area (Å²) >= 11 is 0. The summed E-state index contributed by atoms with van der Waals surface area (Å²) in [6, 6.07) is 1.46. The zero-order chi connectivity index (χ0) is 14.2. The van der Waals surface area contributed by atoms with Crippen LogP contribution < -0.4 is 0 Å². The number of hydrogen-bond acceptors (Lipinski definition) is 4. The van der Waals surface area contributed by atoms with Gasteiger partial charge in [-0.15, -0.1) is 0 Å². The molecule has 0 aromatic carbocycles. The fourth-order valence-electron chi connectivity index (χ4n) is 2.29. The van der Waals surface area contributed by atoms with E-state index >= 15 is 0 Å². The molecule has 1 fully saturated rings. The standard InChI is InChI=1S/C13H18N2O3S/c1-9-6-12(8-14-7-9)13(16)15-4-5-19(17,18)11(3)10(15)2/h6-8,10-11H,4-5H2,1-3H3/t10-,11+/m0/s1. The van der Waals surface area contributed by atoms with E-state index in [4.69, 9.17) is 0 Å². The Morgan fingerprint density at radius 3 is 2.68 bits per heavy atom. The summed E-state index contributed by atoms with van der Waals surface area (Å²) in [5, 5.41) is -0.525. The van der Waals surface area contributed by atoms with Gasteiger partial charge in [0.25, 0.3) is 5.91 Å². The molecule has 0 N–H and O–H groups in total. The Labute approximate surface area is 113 Å². The van der Waals surface area contributed by atoms with E-state index in [0.717, 1.165) is 5.56 Å². The summed E-state index contributed by atoms with van der Waals surface area (Å²) in [6.07, 6.45) is 3.21. The van der Waals surface area contributed by atoms with Crippen molar-refractivity contribution in [3.8, 4) is 0 Å². The molecule has 0 saturated carbocycles. The minimum absolute atomic E-state index is 0.0312. The number of aryl methyl sites for hydroxylation is 1. The molecule has 1 aliphatic heterocycles. The van der Waals surface area contributed by atoms with Gasteiger partial charge in [0.15, 0.2) is 9.84 Å². The third kappa shape index (κ3) is 2.63. The van der Waals surface area contributed by atoms with Gasteiger partial charge in [0.05, 0.1) is 16.6 Å². The summed E-state index contributed by atoms with van der Waals surface area (Å²) < 4.78 is 23.6. The van der Waals surface area contributed by atoms with E-state index in [-0.39, 0.29) is 24.2 Å². The van der Waals surface area contributed by atoms with Crippen LogP contribution in [0.3, 0.4) is 0 Å². The van der Waals surface area contributed by atoms with Crippen molar-refractivity contribution in [1.82, 2.24) is 9.88 Å². The third-order valence-corrected chi connectivity index (χ3v) is 6.02. The lowest BCUT2D eigenvalue weighted by Crippen LogP contribution is -2.54. The maximum absolute atomic E-state index is 12.4. The van der Waals surface area contributed by atoms with Crippen molar-refractivity contribution in [1.29, 1.82) is 0 Å². The lowest BCUT2D eigenvalue weighted by molar-refractivity contribution is 0.0692. The molecule has 0 aliphatic carbocycles. The van der Waals surface area contributed by atoms with E-state index in [0.29, 0.717) is 5.56 Å². The highest BCUT2D eigenvalue weighted by atomic mass is 32.2. The number of carbonyl (C=O) groups excluding carboxylic acids is 1. The molecule has 1 aliphatic rings. The van der Waals surface area contributed by atoms with E-state index < -0.39 is 15.1 Å². The first-order valence-corrected chi connectivity index (χ1v) is 7.98. The monoisotopic (exact) mass is 282 g/mol. The summed E-state index contributed by atoms with van der Waals surface area (Å²) in [6.45, 7) is 5.56. The second-order valence-electron chi connectivity index (χ2n) is 5.06. The molecule has 104 valence electrons. The number of aromatic nitrogens is 1. The molecule has 1 saturated heterocycles. The second-order valence-corrected chi connectivity index (χ2v) is 7.54. The molecule has 0 spiro atoms. The summed E-state index contributed by atoms with van der Waals surface area (Å²) in [5.74, 6) is -0.116. The van der Waals surface area contributed by atoms with Crippen LogP contribution in [0.1, 0.15) is 29.8 Å². The van der Waals surface area contributed by atoms with Gasteiger partial charge in [-0.3, -0.25) is 9.78 Å². The maximum atomic E-state index is 12.4. The number of sulfone groups is 1. The number of amides is 1. The maximum Gasteiger partial charge on any atom is 0.255 e. The first kappa shape index (κ1) is 14.0. The Morgan fingerprint density at radius 1 is 1.37 bits per heavy atom. The predicted molar refractivity (Wildman–Crippen MR) is 72.7 cm³/mol. The van der Waals surface area contributed by atoms with Gasteiger partial charge in [0.1, 0.15) is 0 Å². The molecule has 1 aromatic heterocycles. The number of rotatable bonds is 1. The molecule has 2 rings (SSSR count). The molecule has 1 aromatic rings. The zero-order valence-electron chi connectivity index (χ0n) is 11.3. The minimum Gasteiger partial charge on any atom is -0.334 e. The van der Waals surface area contributed by atoms with Gasteiger partial charge in [-0.1, -0.05) is 0 Å². The third-order valence-electron chi connectivity index (χ3n) is 3.74. The number of nitrogens with zero attached hydrogens (tertiary/aromatic N) is 2. The Kier molecular flexibility index (Phi) is 3.62. The van der Waals surface area contributed by atoms with Gasteiger partial charge in [-0.25, -0.2) is 8.42 Å². The highest BCUT2D eigenvalue weighted by Gasteiger charge is 2.38. The highest BCUT2D eigenvalue weighted by molar-refractivity contribution is 7.92. The first-order chi connectivity index (χ1) is 8.83. The van der Waals surface area contributed by atoms with Crippen LogP contribution >= 0.6 is 0 Å². The Bertz CT molecular complexity index is 598.